The summed E-state index contributed by atoms with van der Waals surface area (Å²) in [6.07, 6.45) is 0. The van der Waals surface area contributed by atoms with Gasteiger partial charge >= 0.3 is 0 Å². The summed E-state index contributed by atoms with van der Waals surface area (Å²) in [7, 11) is 0. The Bertz CT molecular complexity index is 1300. The normalized spacial score (nSPS) is 17.8. The van der Waals surface area contributed by atoms with Gasteiger partial charge < -0.3 is 4.74 Å². The van der Waals surface area contributed by atoms with E-state index < -0.39 is 0 Å². The summed E-state index contributed by atoms with van der Waals surface area (Å²) in [5, 5.41) is 1.28. The summed E-state index contributed by atoms with van der Waals surface area (Å²) < 4.78 is 5.75. The van der Waals surface area contributed by atoms with E-state index in [-0.39, 0.29) is 28.7 Å². The first-order chi connectivity index (χ1) is 17.5. The number of nitrogens with zero attached hydrogens (tertiary/aromatic N) is 2. The molecule has 3 aromatic rings. The number of thiol groups is 1. The molecular formula is C30H32Cl2N2O2S. The van der Waals surface area contributed by atoms with E-state index in [1.807, 2.05) is 106 Å². The van der Waals surface area contributed by atoms with Gasteiger partial charge in [0.2, 0.25) is 5.91 Å². The third-order valence-corrected chi connectivity index (χ3v) is 7.21. The molecule has 2 unspecified atom stereocenters. The quantitative estimate of drug-likeness (QED) is 0.298. The van der Waals surface area contributed by atoms with Crippen molar-refractivity contribution in [1.82, 2.24) is 4.90 Å². The summed E-state index contributed by atoms with van der Waals surface area (Å²) in [6, 6.07) is 20.6. The second-order valence-corrected chi connectivity index (χ2v) is 12.0. The Morgan fingerprint density at radius 1 is 1.00 bits per heavy atom. The van der Waals surface area contributed by atoms with Crippen LogP contribution in [0.2, 0.25) is 10.0 Å². The van der Waals surface area contributed by atoms with E-state index in [4.69, 9.17) is 45.6 Å². The molecule has 0 N–H and O–H groups in total. The van der Waals surface area contributed by atoms with E-state index in [1.54, 1.807) is 0 Å². The number of hydrogen-bond acceptors (Lipinski definition) is 4. The lowest BCUT2D eigenvalue weighted by Gasteiger charge is -2.31. The third-order valence-electron chi connectivity index (χ3n) is 6.45. The zero-order valence-corrected chi connectivity index (χ0v) is 24.1. The molecule has 194 valence electrons. The number of carbonyl (C=O) groups is 1. The van der Waals surface area contributed by atoms with Gasteiger partial charge in [-0.3, -0.25) is 14.7 Å². The monoisotopic (exact) mass is 554 g/mol. The highest BCUT2D eigenvalue weighted by molar-refractivity contribution is 7.81. The van der Waals surface area contributed by atoms with Gasteiger partial charge in [0.05, 0.1) is 18.2 Å². The minimum absolute atomic E-state index is 0.0174. The summed E-state index contributed by atoms with van der Waals surface area (Å²) in [5.74, 6) is 1.01. The highest BCUT2D eigenvalue weighted by Gasteiger charge is 2.43. The molecule has 0 saturated heterocycles. The van der Waals surface area contributed by atoms with Gasteiger partial charge in [0.15, 0.2) is 0 Å². The second kappa shape index (κ2) is 11.1. The fourth-order valence-corrected chi connectivity index (χ4v) is 4.92. The van der Waals surface area contributed by atoms with Crippen molar-refractivity contribution >= 4 is 47.6 Å². The summed E-state index contributed by atoms with van der Waals surface area (Å²) in [4.78, 5) is 20.9. The Hall–Kier alpha value is -2.47. The standard InChI is InChI=1S/C30H32Cl2N2O2S/c1-6-36-25-17-21(30(4,5)37)11-16-24(25)28-33-26(19-7-12-22(31)13-8-19)27(34(28)29(35)18(2)3)20-9-14-23(32)15-10-20/h7-18,26-27,37H,6H2,1-5H3. The van der Waals surface area contributed by atoms with Crippen molar-refractivity contribution in [1.29, 1.82) is 0 Å². The van der Waals surface area contributed by atoms with Crippen LogP contribution in [0.4, 0.5) is 0 Å². The van der Waals surface area contributed by atoms with Gasteiger partial charge in [0.1, 0.15) is 17.6 Å². The van der Waals surface area contributed by atoms with E-state index in [9.17, 15) is 4.79 Å². The number of amidine groups is 1. The van der Waals surface area contributed by atoms with Crippen LogP contribution in [0, 0.1) is 5.92 Å². The predicted octanol–water partition coefficient (Wildman–Crippen LogP) is 8.28. The van der Waals surface area contributed by atoms with Gasteiger partial charge in [-0.05, 0) is 73.9 Å². The Labute approximate surface area is 235 Å². The van der Waals surface area contributed by atoms with Crippen LogP contribution < -0.4 is 4.74 Å². The van der Waals surface area contributed by atoms with E-state index >= 15 is 0 Å². The molecule has 1 amide bonds. The van der Waals surface area contributed by atoms with Gasteiger partial charge in [-0.25, -0.2) is 0 Å². The number of ether oxygens (including phenoxy) is 1. The first-order valence-corrected chi connectivity index (χ1v) is 13.6. The fourth-order valence-electron chi connectivity index (χ4n) is 4.53. The first-order valence-electron chi connectivity index (χ1n) is 12.4. The number of aliphatic imine (C=N–C) groups is 1. The smallest absolute Gasteiger partial charge is 0.231 e. The summed E-state index contributed by atoms with van der Waals surface area (Å²) >= 11 is 17.2. The van der Waals surface area contributed by atoms with Gasteiger partial charge in [0.25, 0.3) is 0 Å². The Balaban J connectivity index is 1.95. The maximum atomic E-state index is 13.9. The van der Waals surface area contributed by atoms with E-state index in [0.29, 0.717) is 28.2 Å². The van der Waals surface area contributed by atoms with Crippen molar-refractivity contribution in [2.45, 2.75) is 51.4 Å². The zero-order chi connectivity index (χ0) is 26.9. The molecule has 4 rings (SSSR count). The highest BCUT2D eigenvalue weighted by Crippen LogP contribution is 2.46. The van der Waals surface area contributed by atoms with Crippen LogP contribution >= 0.6 is 35.8 Å². The van der Waals surface area contributed by atoms with Gasteiger partial charge in [-0.1, -0.05) is 67.4 Å². The molecule has 0 spiro atoms. The second-order valence-electron chi connectivity index (χ2n) is 10.0. The summed E-state index contributed by atoms with van der Waals surface area (Å²) in [5.41, 5.74) is 3.70. The van der Waals surface area contributed by atoms with Crippen molar-refractivity contribution in [2.24, 2.45) is 10.9 Å². The van der Waals surface area contributed by atoms with Crippen LogP contribution in [0.3, 0.4) is 0 Å². The lowest BCUT2D eigenvalue weighted by atomic mass is 9.93. The van der Waals surface area contributed by atoms with Crippen molar-refractivity contribution in [2.75, 3.05) is 6.61 Å². The van der Waals surface area contributed by atoms with Crippen LogP contribution in [-0.2, 0) is 9.54 Å². The van der Waals surface area contributed by atoms with Crippen molar-refractivity contribution in [3.8, 4) is 5.75 Å². The largest absolute Gasteiger partial charge is 0.493 e. The number of amides is 1. The molecular weight excluding hydrogens is 523 g/mol. The lowest BCUT2D eigenvalue weighted by molar-refractivity contribution is -0.132. The molecule has 0 fully saturated rings. The average Bonchev–Trinajstić information content (AvgIpc) is 3.24. The molecule has 1 heterocycles. The zero-order valence-electron chi connectivity index (χ0n) is 21.7. The molecule has 0 radical (unpaired) electrons. The highest BCUT2D eigenvalue weighted by atomic mass is 35.5. The Kier molecular flexibility index (Phi) is 8.27. The molecule has 3 aromatic carbocycles. The van der Waals surface area contributed by atoms with E-state index in [2.05, 4.69) is 0 Å². The SMILES string of the molecule is CCOc1cc(C(C)(C)S)ccc1C1=NC(c2ccc(Cl)cc2)C(c2ccc(Cl)cc2)N1C(=O)C(C)C. The van der Waals surface area contributed by atoms with Crippen LogP contribution in [-0.4, -0.2) is 23.2 Å². The number of carbonyl (C=O) groups excluding carboxylic acids is 1. The molecule has 7 heteroatoms. The van der Waals surface area contributed by atoms with Crippen molar-refractivity contribution < 1.29 is 9.53 Å². The number of halogens is 2. The Morgan fingerprint density at radius 2 is 1.57 bits per heavy atom. The molecule has 1 aliphatic heterocycles. The molecule has 1 aliphatic rings. The van der Waals surface area contributed by atoms with Crippen LogP contribution in [0.25, 0.3) is 0 Å². The van der Waals surface area contributed by atoms with Crippen molar-refractivity contribution in [3.05, 3.63) is 99.0 Å². The molecule has 4 nitrogen and oxygen atoms in total. The van der Waals surface area contributed by atoms with Gasteiger partial charge in [-0.2, -0.15) is 12.6 Å². The van der Waals surface area contributed by atoms with Crippen LogP contribution in [0.15, 0.2) is 71.7 Å². The number of benzene rings is 3. The van der Waals surface area contributed by atoms with Crippen LogP contribution in [0.1, 0.15) is 69.0 Å². The Morgan fingerprint density at radius 3 is 2.08 bits per heavy atom. The molecule has 0 aromatic heterocycles. The molecule has 0 saturated carbocycles. The van der Waals surface area contributed by atoms with E-state index in [0.717, 1.165) is 22.3 Å². The predicted molar refractivity (Wildman–Crippen MR) is 156 cm³/mol. The molecule has 37 heavy (non-hydrogen) atoms. The number of rotatable bonds is 7. The third kappa shape index (κ3) is 5.84. The minimum atomic E-state index is -0.362. The average molecular weight is 556 g/mol. The van der Waals surface area contributed by atoms with E-state index in [1.165, 1.54) is 0 Å². The van der Waals surface area contributed by atoms with Gasteiger partial charge in [-0.15, -0.1) is 0 Å². The summed E-state index contributed by atoms with van der Waals surface area (Å²) in [6.45, 7) is 10.3. The van der Waals surface area contributed by atoms with Crippen molar-refractivity contribution in [3.63, 3.8) is 0 Å². The maximum absolute atomic E-state index is 13.9. The first kappa shape index (κ1) is 27.6. The molecule has 0 bridgehead atoms. The number of hydrogen-bond donors (Lipinski definition) is 1. The maximum Gasteiger partial charge on any atom is 0.231 e. The van der Waals surface area contributed by atoms with Crippen LogP contribution in [0.5, 0.6) is 5.75 Å². The fraction of sp³-hybridized carbons (Fsp3) is 0.333. The van der Waals surface area contributed by atoms with Gasteiger partial charge in [0, 0.05) is 20.7 Å². The minimum Gasteiger partial charge on any atom is -0.493 e. The molecule has 0 aliphatic carbocycles. The lowest BCUT2D eigenvalue weighted by Crippen LogP contribution is -2.40. The topological polar surface area (TPSA) is 41.9 Å². The molecule has 2 atom stereocenters.